The van der Waals surface area contributed by atoms with Crippen LogP contribution in [0.5, 0.6) is 0 Å². The molecular formula is C26H19NO2. The molecule has 0 amide bonds. The Morgan fingerprint density at radius 2 is 1.31 bits per heavy atom. The summed E-state index contributed by atoms with van der Waals surface area (Å²) in [6, 6.07) is 27.2. The highest BCUT2D eigenvalue weighted by Crippen LogP contribution is 2.46. The van der Waals surface area contributed by atoms with Crippen LogP contribution in [0.1, 0.15) is 11.1 Å². The smallest absolute Gasteiger partial charge is 0.326 e. The molecule has 140 valence electrons. The molecule has 1 aliphatic carbocycles. The monoisotopic (exact) mass is 377 g/mol. The molecule has 0 radical (unpaired) electrons. The standard InChI is InChI=1S/C26H19NO2/c1-29-25(28)26(16-27)14-19-12-10-17-6-2-4-8-21(17)23(19)24-20(15-26)13-11-18-7-3-5-9-22(18)24/h2-13H,14-15H2,1H3. The van der Waals surface area contributed by atoms with Crippen LogP contribution < -0.4 is 0 Å². The van der Waals surface area contributed by atoms with Crippen molar-refractivity contribution in [1.82, 2.24) is 0 Å². The fourth-order valence-corrected chi connectivity index (χ4v) is 4.70. The molecule has 1 aliphatic rings. The lowest BCUT2D eigenvalue weighted by Gasteiger charge is -2.22. The first kappa shape index (κ1) is 17.5. The molecule has 4 aromatic carbocycles. The average molecular weight is 377 g/mol. The van der Waals surface area contributed by atoms with E-state index >= 15 is 0 Å². The first-order valence-electron chi connectivity index (χ1n) is 9.68. The van der Waals surface area contributed by atoms with E-state index in [1.165, 1.54) is 7.11 Å². The van der Waals surface area contributed by atoms with E-state index in [2.05, 4.69) is 54.6 Å². The van der Waals surface area contributed by atoms with Crippen molar-refractivity contribution in [3.05, 3.63) is 83.9 Å². The number of hydrogen-bond donors (Lipinski definition) is 0. The summed E-state index contributed by atoms with van der Waals surface area (Å²) >= 11 is 0. The van der Waals surface area contributed by atoms with E-state index in [1.54, 1.807) is 0 Å². The number of ether oxygens (including phenoxy) is 1. The van der Waals surface area contributed by atoms with Gasteiger partial charge in [0.15, 0.2) is 5.41 Å². The van der Waals surface area contributed by atoms with Crippen molar-refractivity contribution in [2.45, 2.75) is 12.8 Å². The first-order chi connectivity index (χ1) is 14.2. The maximum atomic E-state index is 12.8. The molecule has 0 bridgehead atoms. The Bertz CT molecular complexity index is 1240. The molecule has 0 aliphatic heterocycles. The van der Waals surface area contributed by atoms with Gasteiger partial charge >= 0.3 is 5.97 Å². The molecule has 0 saturated carbocycles. The molecule has 0 heterocycles. The number of nitrogens with zero attached hydrogens (tertiary/aromatic N) is 1. The summed E-state index contributed by atoms with van der Waals surface area (Å²) < 4.78 is 5.08. The van der Waals surface area contributed by atoms with E-state index in [-0.39, 0.29) is 0 Å². The molecule has 5 rings (SSSR count). The van der Waals surface area contributed by atoms with E-state index < -0.39 is 11.4 Å². The van der Waals surface area contributed by atoms with Crippen LogP contribution in [0.15, 0.2) is 72.8 Å². The van der Waals surface area contributed by atoms with Crippen LogP contribution >= 0.6 is 0 Å². The van der Waals surface area contributed by atoms with Crippen LogP contribution in [0.2, 0.25) is 0 Å². The molecule has 3 heteroatoms. The molecule has 29 heavy (non-hydrogen) atoms. The molecule has 3 nitrogen and oxygen atoms in total. The lowest BCUT2D eigenvalue weighted by molar-refractivity contribution is -0.149. The minimum Gasteiger partial charge on any atom is -0.468 e. The maximum absolute atomic E-state index is 12.8. The summed E-state index contributed by atoms with van der Waals surface area (Å²) in [4.78, 5) is 12.8. The summed E-state index contributed by atoms with van der Waals surface area (Å²) in [6.07, 6.45) is 0.665. The summed E-state index contributed by atoms with van der Waals surface area (Å²) in [5, 5.41) is 14.7. The number of fused-ring (bicyclic) bond motifs is 7. The molecule has 0 aromatic heterocycles. The van der Waals surface area contributed by atoms with Crippen LogP contribution in [0.25, 0.3) is 32.7 Å². The van der Waals surface area contributed by atoms with E-state index in [0.717, 1.165) is 43.8 Å². The summed E-state index contributed by atoms with van der Waals surface area (Å²) in [5.74, 6) is -0.472. The van der Waals surface area contributed by atoms with Gasteiger partial charge in [-0.3, -0.25) is 4.79 Å². The van der Waals surface area contributed by atoms with Crippen LogP contribution in [-0.2, 0) is 22.4 Å². The van der Waals surface area contributed by atoms with Crippen molar-refractivity contribution in [2.24, 2.45) is 5.41 Å². The summed E-state index contributed by atoms with van der Waals surface area (Å²) in [6.45, 7) is 0. The number of carbonyl (C=O) groups excluding carboxylic acids is 1. The SMILES string of the molecule is COC(=O)C1(C#N)Cc2ccc3ccccc3c2-c2c(ccc3ccccc23)C1. The van der Waals surface area contributed by atoms with Gasteiger partial charge in [0.05, 0.1) is 13.2 Å². The number of carbonyl (C=O) groups is 1. The Hall–Kier alpha value is -3.64. The number of nitriles is 1. The quantitative estimate of drug-likeness (QED) is 0.415. The predicted molar refractivity (Wildman–Crippen MR) is 114 cm³/mol. The predicted octanol–water partition coefficient (Wildman–Crippen LogP) is 5.44. The number of benzene rings is 4. The zero-order valence-corrected chi connectivity index (χ0v) is 16.1. The van der Waals surface area contributed by atoms with Gasteiger partial charge in [-0.25, -0.2) is 0 Å². The van der Waals surface area contributed by atoms with Gasteiger partial charge in [0.1, 0.15) is 0 Å². The topological polar surface area (TPSA) is 50.1 Å². The van der Waals surface area contributed by atoms with Gasteiger partial charge in [0.25, 0.3) is 0 Å². The Labute approximate surface area is 169 Å². The third kappa shape index (κ3) is 2.53. The minimum atomic E-state index is -1.24. The van der Waals surface area contributed by atoms with E-state index in [4.69, 9.17) is 4.74 Å². The molecule has 0 spiro atoms. The molecule has 0 unspecified atom stereocenters. The first-order valence-corrected chi connectivity index (χ1v) is 9.68. The van der Waals surface area contributed by atoms with Crippen LogP contribution in [0, 0.1) is 16.7 Å². The molecule has 0 atom stereocenters. The van der Waals surface area contributed by atoms with Crippen molar-refractivity contribution >= 4 is 27.5 Å². The number of methoxy groups -OCH3 is 1. The number of esters is 1. The highest BCUT2D eigenvalue weighted by Gasteiger charge is 2.43. The second-order valence-electron chi connectivity index (χ2n) is 7.68. The van der Waals surface area contributed by atoms with Gasteiger partial charge in [-0.15, -0.1) is 0 Å². The van der Waals surface area contributed by atoms with Crippen molar-refractivity contribution < 1.29 is 9.53 Å². The Morgan fingerprint density at radius 1 is 0.828 bits per heavy atom. The zero-order valence-electron chi connectivity index (χ0n) is 16.1. The maximum Gasteiger partial charge on any atom is 0.326 e. The van der Waals surface area contributed by atoms with Crippen LogP contribution in [0.4, 0.5) is 0 Å². The van der Waals surface area contributed by atoms with Gasteiger partial charge in [-0.2, -0.15) is 5.26 Å². The third-order valence-corrected chi connectivity index (χ3v) is 6.06. The van der Waals surface area contributed by atoms with Gasteiger partial charge in [-0.1, -0.05) is 72.8 Å². The van der Waals surface area contributed by atoms with E-state index in [1.807, 2.05) is 24.3 Å². The van der Waals surface area contributed by atoms with Gasteiger partial charge in [0.2, 0.25) is 0 Å². The second-order valence-corrected chi connectivity index (χ2v) is 7.68. The fraction of sp³-hybridized carbons (Fsp3) is 0.154. The molecular weight excluding hydrogens is 358 g/mol. The normalized spacial score (nSPS) is 14.5. The Balaban J connectivity index is 1.96. The molecule has 0 saturated heterocycles. The average Bonchev–Trinajstić information content (AvgIpc) is 2.93. The van der Waals surface area contributed by atoms with Crippen molar-refractivity contribution in [2.75, 3.05) is 7.11 Å². The second kappa shape index (κ2) is 6.46. The van der Waals surface area contributed by atoms with Crippen LogP contribution in [0.3, 0.4) is 0 Å². The zero-order chi connectivity index (χ0) is 20.0. The van der Waals surface area contributed by atoms with Gasteiger partial charge in [-0.05, 0) is 43.8 Å². The summed E-state index contributed by atoms with van der Waals surface area (Å²) in [7, 11) is 1.36. The molecule has 0 fully saturated rings. The Morgan fingerprint density at radius 3 is 1.76 bits per heavy atom. The third-order valence-electron chi connectivity index (χ3n) is 6.06. The highest BCUT2D eigenvalue weighted by molar-refractivity contribution is 6.08. The van der Waals surface area contributed by atoms with E-state index in [9.17, 15) is 10.1 Å². The largest absolute Gasteiger partial charge is 0.468 e. The molecule has 0 N–H and O–H groups in total. The van der Waals surface area contributed by atoms with Gasteiger partial charge < -0.3 is 4.74 Å². The van der Waals surface area contributed by atoms with Crippen molar-refractivity contribution in [1.29, 1.82) is 5.26 Å². The fourth-order valence-electron chi connectivity index (χ4n) is 4.70. The molecule has 4 aromatic rings. The number of rotatable bonds is 1. The van der Waals surface area contributed by atoms with E-state index in [0.29, 0.717) is 12.8 Å². The summed E-state index contributed by atoms with van der Waals surface area (Å²) in [5.41, 5.74) is 3.02. The van der Waals surface area contributed by atoms with Crippen molar-refractivity contribution in [3.8, 4) is 17.2 Å². The lowest BCUT2D eigenvalue weighted by Crippen LogP contribution is -2.35. The lowest BCUT2D eigenvalue weighted by atomic mass is 9.79. The van der Waals surface area contributed by atoms with Gasteiger partial charge in [0, 0.05) is 12.8 Å². The van der Waals surface area contributed by atoms with Crippen LogP contribution in [-0.4, -0.2) is 13.1 Å². The minimum absolute atomic E-state index is 0.333. The highest BCUT2D eigenvalue weighted by atomic mass is 16.5. The number of hydrogen-bond acceptors (Lipinski definition) is 3. The Kier molecular flexibility index (Phi) is 3.89. The van der Waals surface area contributed by atoms with Crippen molar-refractivity contribution in [3.63, 3.8) is 0 Å².